The third-order valence-electron chi connectivity index (χ3n) is 5.11. The zero-order chi connectivity index (χ0) is 20.7. The second-order valence-electron chi connectivity index (χ2n) is 7.10. The van der Waals surface area contributed by atoms with Crippen LogP contribution in [0, 0.1) is 13.8 Å². The largest absolute Gasteiger partial charge is 0.454 e. The number of benzene rings is 1. The Balaban J connectivity index is 1.68. The molecule has 1 aromatic carbocycles. The summed E-state index contributed by atoms with van der Waals surface area (Å²) in [5, 5.41) is 9.39. The number of fused-ring (bicyclic) bond motifs is 1. The molecular formula is C20H22ClN5O3. The van der Waals surface area contributed by atoms with E-state index in [9.17, 15) is 4.79 Å². The van der Waals surface area contributed by atoms with Crippen molar-refractivity contribution in [3.8, 4) is 11.5 Å². The molecule has 3 aromatic rings. The maximum atomic E-state index is 13.4. The number of carbonyl (C=O) groups is 1. The van der Waals surface area contributed by atoms with E-state index in [4.69, 9.17) is 21.1 Å². The highest BCUT2D eigenvalue weighted by molar-refractivity contribution is 6.31. The van der Waals surface area contributed by atoms with Crippen molar-refractivity contribution < 1.29 is 14.3 Å². The van der Waals surface area contributed by atoms with Gasteiger partial charge in [0.25, 0.3) is 5.91 Å². The van der Waals surface area contributed by atoms with E-state index in [1.165, 1.54) is 0 Å². The fraction of sp³-hybridized carbons (Fsp3) is 0.350. The van der Waals surface area contributed by atoms with E-state index in [0.29, 0.717) is 34.3 Å². The standard InChI is InChI=1S/C20H22ClN5O3/c1-12-15(13(2)25(4)22-12)8-26(10-17-16(21)9-24(3)23-17)20(27)14-5-6-18-19(7-14)29-11-28-18/h5-7,9H,8,10-11H2,1-4H3. The number of carbonyl (C=O) groups excluding carboxylic acids is 1. The Labute approximate surface area is 173 Å². The zero-order valence-corrected chi connectivity index (χ0v) is 17.5. The molecule has 0 unspecified atom stereocenters. The van der Waals surface area contributed by atoms with Gasteiger partial charge in [0.2, 0.25) is 6.79 Å². The zero-order valence-electron chi connectivity index (χ0n) is 16.8. The van der Waals surface area contributed by atoms with Crippen molar-refractivity contribution in [1.29, 1.82) is 0 Å². The van der Waals surface area contributed by atoms with Gasteiger partial charge in [-0.15, -0.1) is 0 Å². The summed E-state index contributed by atoms with van der Waals surface area (Å²) in [4.78, 5) is 15.2. The van der Waals surface area contributed by atoms with E-state index in [0.717, 1.165) is 17.0 Å². The maximum absolute atomic E-state index is 13.4. The van der Waals surface area contributed by atoms with E-state index < -0.39 is 0 Å². The summed E-state index contributed by atoms with van der Waals surface area (Å²) in [7, 11) is 3.69. The number of hydrogen-bond acceptors (Lipinski definition) is 5. The van der Waals surface area contributed by atoms with Gasteiger partial charge in [-0.25, -0.2) is 0 Å². The minimum atomic E-state index is -0.146. The van der Waals surface area contributed by atoms with Crippen LogP contribution >= 0.6 is 11.6 Å². The first-order chi connectivity index (χ1) is 13.8. The molecule has 8 nitrogen and oxygen atoms in total. The van der Waals surface area contributed by atoms with Crippen molar-refractivity contribution in [2.24, 2.45) is 14.1 Å². The fourth-order valence-corrected chi connectivity index (χ4v) is 3.68. The van der Waals surface area contributed by atoms with Gasteiger partial charge in [-0.05, 0) is 32.0 Å². The second kappa shape index (κ2) is 7.44. The SMILES string of the molecule is Cc1nn(C)c(C)c1CN(Cc1nn(C)cc1Cl)C(=O)c1ccc2c(c1)OCO2. The van der Waals surface area contributed by atoms with Crippen LogP contribution in [0.15, 0.2) is 24.4 Å². The molecule has 9 heteroatoms. The van der Waals surface area contributed by atoms with Gasteiger partial charge in [0.1, 0.15) is 5.69 Å². The van der Waals surface area contributed by atoms with Crippen LogP contribution in [0.1, 0.15) is 33.0 Å². The lowest BCUT2D eigenvalue weighted by molar-refractivity contribution is 0.0726. The lowest BCUT2D eigenvalue weighted by Gasteiger charge is -2.23. The highest BCUT2D eigenvalue weighted by Gasteiger charge is 2.24. The Morgan fingerprint density at radius 3 is 2.59 bits per heavy atom. The highest BCUT2D eigenvalue weighted by Crippen LogP contribution is 2.33. The molecule has 0 fully saturated rings. The molecule has 1 aliphatic rings. The van der Waals surface area contributed by atoms with Gasteiger partial charge in [-0.3, -0.25) is 14.2 Å². The van der Waals surface area contributed by atoms with Crippen LogP contribution < -0.4 is 9.47 Å². The molecule has 0 saturated heterocycles. The Hall–Kier alpha value is -3.00. The minimum Gasteiger partial charge on any atom is -0.454 e. The molecule has 152 valence electrons. The molecule has 0 radical (unpaired) electrons. The molecule has 2 aromatic heterocycles. The van der Waals surface area contributed by atoms with Crippen LogP contribution in [0.25, 0.3) is 0 Å². The monoisotopic (exact) mass is 415 g/mol. The molecule has 29 heavy (non-hydrogen) atoms. The molecule has 4 rings (SSSR count). The number of rotatable bonds is 5. The number of aromatic nitrogens is 4. The molecule has 0 atom stereocenters. The van der Waals surface area contributed by atoms with Crippen molar-refractivity contribution >= 4 is 17.5 Å². The summed E-state index contributed by atoms with van der Waals surface area (Å²) >= 11 is 6.31. The van der Waals surface area contributed by atoms with Gasteiger partial charge in [-0.2, -0.15) is 10.2 Å². The average molecular weight is 416 g/mol. The van der Waals surface area contributed by atoms with Crippen LogP contribution in [-0.2, 0) is 27.2 Å². The van der Waals surface area contributed by atoms with E-state index in [2.05, 4.69) is 10.2 Å². The first-order valence-electron chi connectivity index (χ1n) is 9.19. The molecule has 0 spiro atoms. The summed E-state index contributed by atoms with van der Waals surface area (Å²) in [5.74, 6) is 1.06. The smallest absolute Gasteiger partial charge is 0.254 e. The van der Waals surface area contributed by atoms with E-state index >= 15 is 0 Å². The minimum absolute atomic E-state index is 0.146. The first-order valence-corrected chi connectivity index (χ1v) is 9.57. The second-order valence-corrected chi connectivity index (χ2v) is 7.51. The van der Waals surface area contributed by atoms with Crippen LogP contribution in [0.3, 0.4) is 0 Å². The number of ether oxygens (including phenoxy) is 2. The molecule has 1 amide bonds. The predicted molar refractivity (Wildman–Crippen MR) is 107 cm³/mol. The summed E-state index contributed by atoms with van der Waals surface area (Å²) < 4.78 is 14.2. The van der Waals surface area contributed by atoms with Crippen LogP contribution in [0.5, 0.6) is 11.5 Å². The van der Waals surface area contributed by atoms with Gasteiger partial charge in [0.05, 0.1) is 23.8 Å². The molecule has 0 saturated carbocycles. The fourth-order valence-electron chi connectivity index (χ4n) is 3.44. The van der Waals surface area contributed by atoms with E-state index in [1.54, 1.807) is 41.0 Å². The lowest BCUT2D eigenvalue weighted by atomic mass is 10.1. The van der Waals surface area contributed by atoms with Crippen molar-refractivity contribution in [2.75, 3.05) is 6.79 Å². The quantitative estimate of drug-likeness (QED) is 0.640. The summed E-state index contributed by atoms with van der Waals surface area (Å²) in [6, 6.07) is 5.20. The van der Waals surface area contributed by atoms with Crippen molar-refractivity contribution in [3.63, 3.8) is 0 Å². The van der Waals surface area contributed by atoms with Crippen molar-refractivity contribution in [1.82, 2.24) is 24.5 Å². The predicted octanol–water partition coefficient (Wildman–Crippen LogP) is 3.00. The van der Waals surface area contributed by atoms with Gasteiger partial charge in [0, 0.05) is 37.1 Å². The van der Waals surface area contributed by atoms with Gasteiger partial charge >= 0.3 is 0 Å². The Morgan fingerprint density at radius 2 is 1.93 bits per heavy atom. The lowest BCUT2D eigenvalue weighted by Crippen LogP contribution is -2.31. The number of hydrogen-bond donors (Lipinski definition) is 0. The molecular weight excluding hydrogens is 394 g/mol. The molecule has 0 bridgehead atoms. The average Bonchev–Trinajstić information content (AvgIpc) is 3.34. The van der Waals surface area contributed by atoms with Crippen LogP contribution in [-0.4, -0.2) is 37.2 Å². The Morgan fingerprint density at radius 1 is 1.17 bits per heavy atom. The third-order valence-corrected chi connectivity index (χ3v) is 5.43. The number of nitrogens with zero attached hydrogens (tertiary/aromatic N) is 5. The topological polar surface area (TPSA) is 74.4 Å². The van der Waals surface area contributed by atoms with Crippen molar-refractivity contribution in [3.05, 3.63) is 57.6 Å². The van der Waals surface area contributed by atoms with Gasteiger partial charge < -0.3 is 14.4 Å². The third kappa shape index (κ3) is 3.67. The van der Waals surface area contributed by atoms with E-state index in [1.807, 2.05) is 25.6 Å². The first kappa shape index (κ1) is 19.3. The van der Waals surface area contributed by atoms with E-state index in [-0.39, 0.29) is 19.2 Å². The normalized spacial score (nSPS) is 12.4. The van der Waals surface area contributed by atoms with Crippen molar-refractivity contribution in [2.45, 2.75) is 26.9 Å². The Kier molecular flexibility index (Phi) is 4.96. The summed E-state index contributed by atoms with van der Waals surface area (Å²) in [6.07, 6.45) is 1.72. The van der Waals surface area contributed by atoms with Gasteiger partial charge in [-0.1, -0.05) is 11.6 Å². The van der Waals surface area contributed by atoms with Crippen LogP contribution in [0.2, 0.25) is 5.02 Å². The molecule has 0 aliphatic carbocycles. The summed E-state index contributed by atoms with van der Waals surface area (Å²) in [6.45, 7) is 4.77. The number of amides is 1. The highest BCUT2D eigenvalue weighted by atomic mass is 35.5. The van der Waals surface area contributed by atoms with Gasteiger partial charge in [0.15, 0.2) is 11.5 Å². The number of aryl methyl sites for hydroxylation is 3. The number of halogens is 1. The molecule has 1 aliphatic heterocycles. The Bertz CT molecular complexity index is 1090. The maximum Gasteiger partial charge on any atom is 0.254 e. The molecule has 3 heterocycles. The molecule has 0 N–H and O–H groups in total. The van der Waals surface area contributed by atoms with Crippen LogP contribution in [0.4, 0.5) is 0 Å². The summed E-state index contributed by atoms with van der Waals surface area (Å²) in [5.41, 5.74) is 4.07.